The van der Waals surface area contributed by atoms with E-state index in [9.17, 15) is 9.18 Å². The first-order chi connectivity index (χ1) is 8.26. The predicted octanol–water partition coefficient (Wildman–Crippen LogP) is 3.08. The van der Waals surface area contributed by atoms with Crippen LogP contribution in [0.4, 0.5) is 4.39 Å². The van der Waals surface area contributed by atoms with E-state index in [1.807, 2.05) is 0 Å². The number of hydrogen-bond acceptors (Lipinski definition) is 3. The lowest BCUT2D eigenvalue weighted by atomic mass is 10.1. The minimum atomic E-state index is -0.702. The molecule has 1 N–H and O–H groups in total. The second kappa shape index (κ2) is 5.80. The quantitative estimate of drug-likeness (QED) is 0.871. The average Bonchev–Trinajstić information content (AvgIpc) is 2.21. The van der Waals surface area contributed by atoms with Crippen LogP contribution in [0, 0.1) is 5.82 Å². The second-order valence-electron chi connectivity index (χ2n) is 4.86. The number of esters is 1. The topological polar surface area (TPSA) is 46.5 Å². The molecule has 0 fully saturated rings. The van der Waals surface area contributed by atoms with Gasteiger partial charge in [-0.25, -0.2) is 9.18 Å². The Balaban J connectivity index is 3.11. The minimum absolute atomic E-state index is 0.114. The molecule has 0 aliphatic heterocycles. The molecule has 1 rings (SSSR count). The van der Waals surface area contributed by atoms with Gasteiger partial charge in [0.1, 0.15) is 11.4 Å². The van der Waals surface area contributed by atoms with E-state index in [4.69, 9.17) is 9.84 Å². The van der Waals surface area contributed by atoms with Gasteiger partial charge in [0.25, 0.3) is 0 Å². The molecule has 0 saturated carbocycles. The normalized spacial score (nSPS) is 11.4. The number of benzene rings is 1. The molecule has 0 heterocycles. The van der Waals surface area contributed by atoms with Crippen molar-refractivity contribution in [3.63, 3.8) is 0 Å². The maximum Gasteiger partial charge on any atom is 0.341 e. The molecule has 100 valence electrons. The number of aliphatic hydroxyl groups is 1. The van der Waals surface area contributed by atoms with Crippen LogP contribution in [0.1, 0.15) is 36.7 Å². The molecule has 0 amide bonds. The summed E-state index contributed by atoms with van der Waals surface area (Å²) in [5, 5.41) is 8.88. The van der Waals surface area contributed by atoms with Gasteiger partial charge in [0, 0.05) is 16.6 Å². The van der Waals surface area contributed by atoms with Crippen molar-refractivity contribution < 1.29 is 19.0 Å². The largest absolute Gasteiger partial charge is 0.456 e. The second-order valence-corrected chi connectivity index (χ2v) is 5.72. The van der Waals surface area contributed by atoms with Crippen molar-refractivity contribution in [1.29, 1.82) is 0 Å². The van der Waals surface area contributed by atoms with Crippen LogP contribution in [0.15, 0.2) is 16.6 Å². The van der Waals surface area contributed by atoms with E-state index in [0.717, 1.165) is 0 Å². The number of ether oxygens (including phenoxy) is 1. The summed E-state index contributed by atoms with van der Waals surface area (Å²) in [6.45, 7) is 4.97. The standard InChI is InChI=1S/C13H16BrFO3/c1-13(2,3)18-12(17)9-4-5-10(14)8(6-7-16)11(9)15/h4-5,16H,6-7H2,1-3H3. The van der Waals surface area contributed by atoms with Crippen LogP contribution >= 0.6 is 15.9 Å². The SMILES string of the molecule is CC(C)(C)OC(=O)c1ccc(Br)c(CCO)c1F. The van der Waals surface area contributed by atoms with E-state index in [1.165, 1.54) is 6.07 Å². The molecule has 1 aromatic rings. The van der Waals surface area contributed by atoms with Gasteiger partial charge in [-0.2, -0.15) is 0 Å². The Kier molecular flexibility index (Phi) is 4.87. The van der Waals surface area contributed by atoms with Gasteiger partial charge in [-0.15, -0.1) is 0 Å². The summed E-state index contributed by atoms with van der Waals surface area (Å²) in [6.07, 6.45) is 0.142. The van der Waals surface area contributed by atoms with Crippen LogP contribution < -0.4 is 0 Å². The first kappa shape index (κ1) is 15.1. The van der Waals surface area contributed by atoms with Crippen molar-refractivity contribution in [2.75, 3.05) is 6.61 Å². The molecule has 0 saturated heterocycles. The maximum atomic E-state index is 14.1. The van der Waals surface area contributed by atoms with Crippen molar-refractivity contribution in [2.24, 2.45) is 0 Å². The van der Waals surface area contributed by atoms with Crippen LogP contribution in [0.2, 0.25) is 0 Å². The Morgan fingerprint density at radius 3 is 2.56 bits per heavy atom. The van der Waals surface area contributed by atoms with Crippen molar-refractivity contribution in [2.45, 2.75) is 32.8 Å². The lowest BCUT2D eigenvalue weighted by Gasteiger charge is -2.20. The Morgan fingerprint density at radius 2 is 2.06 bits per heavy atom. The highest BCUT2D eigenvalue weighted by atomic mass is 79.9. The molecular formula is C13H16BrFO3. The van der Waals surface area contributed by atoms with E-state index >= 15 is 0 Å². The van der Waals surface area contributed by atoms with Crippen molar-refractivity contribution >= 4 is 21.9 Å². The number of halogens is 2. The van der Waals surface area contributed by atoms with Gasteiger partial charge in [-0.1, -0.05) is 15.9 Å². The first-order valence-electron chi connectivity index (χ1n) is 5.57. The monoisotopic (exact) mass is 318 g/mol. The van der Waals surface area contributed by atoms with Crippen molar-refractivity contribution in [3.8, 4) is 0 Å². The Morgan fingerprint density at radius 1 is 1.44 bits per heavy atom. The van der Waals surface area contributed by atoms with E-state index in [1.54, 1.807) is 26.8 Å². The summed E-state index contributed by atoms with van der Waals surface area (Å²) in [5.41, 5.74) is -0.509. The Bertz CT molecular complexity index is 452. The van der Waals surface area contributed by atoms with Gasteiger partial charge in [0.15, 0.2) is 0 Å². The molecule has 0 aromatic heterocycles. The smallest absolute Gasteiger partial charge is 0.341 e. The van der Waals surface area contributed by atoms with Gasteiger partial charge in [-0.05, 0) is 39.3 Å². The van der Waals surface area contributed by atoms with Gasteiger partial charge >= 0.3 is 5.97 Å². The third kappa shape index (κ3) is 3.78. The molecular weight excluding hydrogens is 303 g/mol. The molecule has 0 radical (unpaired) electrons. The highest BCUT2D eigenvalue weighted by molar-refractivity contribution is 9.10. The third-order valence-corrected chi connectivity index (χ3v) is 2.91. The molecule has 18 heavy (non-hydrogen) atoms. The van der Waals surface area contributed by atoms with Crippen molar-refractivity contribution in [1.82, 2.24) is 0 Å². The summed E-state index contributed by atoms with van der Waals surface area (Å²) in [5.74, 6) is -1.35. The minimum Gasteiger partial charge on any atom is -0.456 e. The number of rotatable bonds is 3. The van der Waals surface area contributed by atoms with Crippen LogP contribution in [-0.2, 0) is 11.2 Å². The maximum absolute atomic E-state index is 14.1. The highest BCUT2D eigenvalue weighted by Crippen LogP contribution is 2.25. The zero-order chi connectivity index (χ0) is 13.9. The summed E-state index contributed by atoms with van der Waals surface area (Å²) in [6, 6.07) is 2.95. The Labute approximate surface area is 114 Å². The number of aliphatic hydroxyl groups excluding tert-OH is 1. The Hall–Kier alpha value is -0.940. The highest BCUT2D eigenvalue weighted by Gasteiger charge is 2.23. The molecule has 3 nitrogen and oxygen atoms in total. The molecule has 0 bridgehead atoms. The zero-order valence-corrected chi connectivity index (χ0v) is 12.2. The number of hydrogen-bond donors (Lipinski definition) is 1. The van der Waals surface area contributed by atoms with Crippen LogP contribution in [0.25, 0.3) is 0 Å². The third-order valence-electron chi connectivity index (χ3n) is 2.17. The molecule has 0 aliphatic carbocycles. The predicted molar refractivity (Wildman–Crippen MR) is 70.1 cm³/mol. The molecule has 0 aliphatic rings. The number of carbonyl (C=O) groups is 1. The van der Waals surface area contributed by atoms with Crippen molar-refractivity contribution in [3.05, 3.63) is 33.5 Å². The fraction of sp³-hybridized carbons (Fsp3) is 0.462. The van der Waals surface area contributed by atoms with Crippen LogP contribution in [-0.4, -0.2) is 23.3 Å². The van der Waals surface area contributed by atoms with E-state index in [0.29, 0.717) is 4.47 Å². The molecule has 5 heteroatoms. The van der Waals surface area contributed by atoms with E-state index < -0.39 is 17.4 Å². The summed E-state index contributed by atoms with van der Waals surface area (Å²) < 4.78 is 19.8. The van der Waals surface area contributed by atoms with Gasteiger partial charge in [0.05, 0.1) is 5.56 Å². The van der Waals surface area contributed by atoms with Crippen LogP contribution in [0.5, 0.6) is 0 Å². The summed E-state index contributed by atoms with van der Waals surface area (Å²) >= 11 is 3.19. The molecule has 1 aromatic carbocycles. The molecule has 0 atom stereocenters. The lowest BCUT2D eigenvalue weighted by Crippen LogP contribution is -2.24. The van der Waals surface area contributed by atoms with E-state index in [2.05, 4.69) is 15.9 Å². The summed E-state index contributed by atoms with van der Waals surface area (Å²) in [7, 11) is 0. The van der Waals surface area contributed by atoms with E-state index in [-0.39, 0.29) is 24.2 Å². The molecule has 0 spiro atoms. The fourth-order valence-corrected chi connectivity index (χ4v) is 1.93. The number of carbonyl (C=O) groups excluding carboxylic acids is 1. The van der Waals surface area contributed by atoms with Crippen LogP contribution in [0.3, 0.4) is 0 Å². The molecule has 0 unspecified atom stereocenters. The van der Waals surface area contributed by atoms with Gasteiger partial charge < -0.3 is 9.84 Å². The fourth-order valence-electron chi connectivity index (χ4n) is 1.43. The lowest BCUT2D eigenvalue weighted by molar-refractivity contribution is 0.00643. The first-order valence-corrected chi connectivity index (χ1v) is 6.36. The average molecular weight is 319 g/mol. The zero-order valence-electron chi connectivity index (χ0n) is 10.6. The van der Waals surface area contributed by atoms with Gasteiger partial charge in [-0.3, -0.25) is 0 Å². The van der Waals surface area contributed by atoms with Gasteiger partial charge in [0.2, 0.25) is 0 Å². The summed E-state index contributed by atoms with van der Waals surface area (Å²) in [4.78, 5) is 11.8.